The van der Waals surface area contributed by atoms with Crippen LogP contribution in [0, 0.1) is 0 Å². The second-order valence-electron chi connectivity index (χ2n) is 10.8. The van der Waals surface area contributed by atoms with Crippen molar-refractivity contribution in [2.75, 3.05) is 4.90 Å². The molecule has 9 aromatic rings. The zero-order valence-electron chi connectivity index (χ0n) is 24.3. The molecule has 0 spiro atoms. The van der Waals surface area contributed by atoms with E-state index in [-0.39, 0.29) is 0 Å². The fraction of sp³-hybridized carbons (Fsp3) is 0. The Labute approximate surface area is 262 Å². The minimum atomic E-state index is 0.854. The highest BCUT2D eigenvalue weighted by molar-refractivity contribution is 5.79. The molecule has 0 radical (unpaired) electrons. The second kappa shape index (κ2) is 10.5. The lowest BCUT2D eigenvalue weighted by Gasteiger charge is -2.26. The molecule has 9 rings (SSSR count). The predicted octanol–water partition coefficient (Wildman–Crippen LogP) is 7.36. The minimum absolute atomic E-state index is 0.854. The highest BCUT2D eigenvalue weighted by Gasteiger charge is 2.15. The molecule has 0 atom stereocenters. The van der Waals surface area contributed by atoms with E-state index in [4.69, 9.17) is 0 Å². The quantitative estimate of drug-likeness (QED) is 0.198. The molecule has 6 aromatic carbocycles. The van der Waals surface area contributed by atoms with Gasteiger partial charge < -0.3 is 4.90 Å². The van der Waals surface area contributed by atoms with Crippen LogP contribution in [-0.2, 0) is 0 Å². The van der Waals surface area contributed by atoms with E-state index < -0.39 is 0 Å². The Bertz CT molecular complexity index is 2090. The van der Waals surface area contributed by atoms with Crippen LogP contribution in [0.5, 0.6) is 0 Å². The molecule has 0 N–H and O–H groups in total. The summed E-state index contributed by atoms with van der Waals surface area (Å²) in [5, 5.41) is 27.9. The molecular formula is C36H24N10. The Morgan fingerprint density at radius 2 is 0.500 bits per heavy atom. The number of fused-ring (bicyclic) bond motifs is 3. The van der Waals surface area contributed by atoms with Gasteiger partial charge in [-0.05, 0) is 109 Å². The standard InChI is InChI=1S/C36H24N10/c1-2-8-32-31(7-1)37-44(38-32)28-19-13-25(14-20-28)43(26-15-21-29(22-16-26)45-39-33-9-3-4-10-34(33)40-45)27-17-23-30(24-18-27)46-41-35-11-5-6-12-36(35)42-46/h1-24H. The van der Waals surface area contributed by atoms with Crippen LogP contribution in [0.2, 0.25) is 0 Å². The predicted molar refractivity (Wildman–Crippen MR) is 178 cm³/mol. The molecule has 0 amide bonds. The van der Waals surface area contributed by atoms with Gasteiger partial charge in [0.15, 0.2) is 0 Å². The highest BCUT2D eigenvalue weighted by Crippen LogP contribution is 2.36. The summed E-state index contributed by atoms with van der Waals surface area (Å²) in [4.78, 5) is 7.21. The SMILES string of the molecule is c1ccc2nn(-c3ccc(N(c4ccc(-n5nc6ccccc6n5)cc4)c4ccc(-n5nc6ccccc6n5)cc4)cc3)nc2c1. The summed E-state index contributed by atoms with van der Waals surface area (Å²) in [6, 6.07) is 48.2. The highest BCUT2D eigenvalue weighted by atomic mass is 15.5. The topological polar surface area (TPSA) is 95.4 Å². The Hall–Kier alpha value is -6.68. The van der Waals surface area contributed by atoms with Gasteiger partial charge in [-0.3, -0.25) is 0 Å². The van der Waals surface area contributed by atoms with Gasteiger partial charge in [0.05, 0.1) is 17.1 Å². The molecule has 46 heavy (non-hydrogen) atoms. The van der Waals surface area contributed by atoms with Crippen LogP contribution in [0.4, 0.5) is 17.1 Å². The third-order valence-electron chi connectivity index (χ3n) is 7.88. The molecule has 10 nitrogen and oxygen atoms in total. The molecule has 3 aromatic heterocycles. The fourth-order valence-electron chi connectivity index (χ4n) is 5.58. The number of nitrogens with zero attached hydrogens (tertiary/aromatic N) is 10. The normalized spacial score (nSPS) is 11.5. The van der Waals surface area contributed by atoms with Gasteiger partial charge >= 0.3 is 0 Å². The molecule has 0 saturated carbocycles. The molecule has 0 aliphatic rings. The van der Waals surface area contributed by atoms with Crippen molar-refractivity contribution in [1.29, 1.82) is 0 Å². The van der Waals surface area contributed by atoms with Crippen molar-refractivity contribution in [2.45, 2.75) is 0 Å². The number of hydrogen-bond acceptors (Lipinski definition) is 7. The van der Waals surface area contributed by atoms with Gasteiger partial charge in [0.25, 0.3) is 0 Å². The molecule has 0 unspecified atom stereocenters. The third kappa shape index (κ3) is 4.52. The monoisotopic (exact) mass is 596 g/mol. The van der Waals surface area contributed by atoms with Crippen LogP contribution in [0.1, 0.15) is 0 Å². The van der Waals surface area contributed by atoms with Gasteiger partial charge in [-0.25, -0.2) is 0 Å². The Morgan fingerprint density at radius 1 is 0.283 bits per heavy atom. The van der Waals surface area contributed by atoms with Gasteiger partial charge in [0.1, 0.15) is 33.1 Å². The largest absolute Gasteiger partial charge is 0.310 e. The smallest absolute Gasteiger partial charge is 0.113 e. The van der Waals surface area contributed by atoms with E-state index in [9.17, 15) is 0 Å². The van der Waals surface area contributed by atoms with Crippen molar-refractivity contribution < 1.29 is 0 Å². The van der Waals surface area contributed by atoms with E-state index >= 15 is 0 Å². The van der Waals surface area contributed by atoms with Crippen molar-refractivity contribution in [1.82, 2.24) is 45.0 Å². The summed E-state index contributed by atoms with van der Waals surface area (Å²) in [6.07, 6.45) is 0. The molecule has 10 heteroatoms. The van der Waals surface area contributed by atoms with Crippen LogP contribution >= 0.6 is 0 Å². The summed E-state index contributed by atoms with van der Waals surface area (Å²) in [7, 11) is 0. The van der Waals surface area contributed by atoms with Gasteiger partial charge in [-0.2, -0.15) is 14.4 Å². The summed E-state index contributed by atoms with van der Waals surface area (Å²) < 4.78 is 0. The van der Waals surface area contributed by atoms with E-state index in [1.165, 1.54) is 0 Å². The van der Waals surface area contributed by atoms with Crippen molar-refractivity contribution >= 4 is 50.2 Å². The van der Waals surface area contributed by atoms with Crippen molar-refractivity contribution in [2.24, 2.45) is 0 Å². The average Bonchev–Trinajstić information content (AvgIpc) is 3.86. The first kappa shape index (κ1) is 25.8. The lowest BCUT2D eigenvalue weighted by atomic mass is 10.1. The molecule has 3 heterocycles. The van der Waals surface area contributed by atoms with Gasteiger partial charge in [0.2, 0.25) is 0 Å². The van der Waals surface area contributed by atoms with Crippen LogP contribution in [0.3, 0.4) is 0 Å². The Balaban J connectivity index is 1.09. The van der Waals surface area contributed by atoms with Gasteiger partial charge in [0, 0.05) is 17.1 Å². The van der Waals surface area contributed by atoms with Crippen molar-refractivity contribution in [3.05, 3.63) is 146 Å². The van der Waals surface area contributed by atoms with E-state index in [0.29, 0.717) is 0 Å². The Kier molecular flexibility index (Phi) is 5.88. The number of rotatable bonds is 6. The minimum Gasteiger partial charge on any atom is -0.310 e. The summed E-state index contributed by atoms with van der Waals surface area (Å²) >= 11 is 0. The lowest BCUT2D eigenvalue weighted by molar-refractivity contribution is 0.765. The Morgan fingerprint density at radius 3 is 0.717 bits per heavy atom. The number of aromatic nitrogens is 9. The lowest BCUT2D eigenvalue weighted by Crippen LogP contribution is -2.11. The maximum atomic E-state index is 4.65. The van der Waals surface area contributed by atoms with Gasteiger partial charge in [-0.15, -0.1) is 30.6 Å². The van der Waals surface area contributed by atoms with Crippen LogP contribution in [0.15, 0.2) is 146 Å². The maximum absolute atomic E-state index is 4.65. The molecule has 0 bridgehead atoms. The average molecular weight is 597 g/mol. The molecule has 0 saturated heterocycles. The number of hydrogen-bond donors (Lipinski definition) is 0. The molecular weight excluding hydrogens is 572 g/mol. The zero-order chi connectivity index (χ0) is 30.5. The van der Waals surface area contributed by atoms with E-state index in [1.54, 1.807) is 14.4 Å². The van der Waals surface area contributed by atoms with Crippen LogP contribution in [0.25, 0.3) is 50.2 Å². The summed E-state index contributed by atoms with van der Waals surface area (Å²) in [6.45, 7) is 0. The number of benzene rings is 6. The van der Waals surface area contributed by atoms with Crippen LogP contribution in [-0.4, -0.2) is 45.0 Å². The fourth-order valence-corrected chi connectivity index (χ4v) is 5.58. The van der Waals surface area contributed by atoms with Crippen molar-refractivity contribution in [3.63, 3.8) is 0 Å². The second-order valence-corrected chi connectivity index (χ2v) is 10.8. The van der Waals surface area contributed by atoms with E-state index in [0.717, 1.165) is 67.2 Å². The summed E-state index contributed by atoms with van der Waals surface area (Å²) in [5.41, 5.74) is 10.7. The first-order valence-corrected chi connectivity index (χ1v) is 14.8. The first-order valence-electron chi connectivity index (χ1n) is 14.8. The molecule has 0 aliphatic heterocycles. The zero-order valence-corrected chi connectivity index (χ0v) is 24.3. The summed E-state index contributed by atoms with van der Waals surface area (Å²) in [5.74, 6) is 0. The van der Waals surface area contributed by atoms with Crippen molar-refractivity contribution in [3.8, 4) is 17.1 Å². The maximum Gasteiger partial charge on any atom is 0.113 e. The first-order chi connectivity index (χ1) is 22.7. The van der Waals surface area contributed by atoms with E-state index in [2.05, 4.69) is 71.9 Å². The molecule has 218 valence electrons. The molecule has 0 aliphatic carbocycles. The van der Waals surface area contributed by atoms with Gasteiger partial charge in [-0.1, -0.05) is 36.4 Å². The van der Waals surface area contributed by atoms with E-state index in [1.807, 2.05) is 109 Å². The number of anilines is 3. The van der Waals surface area contributed by atoms with Crippen LogP contribution < -0.4 is 4.90 Å². The molecule has 0 fully saturated rings. The third-order valence-corrected chi connectivity index (χ3v) is 7.88.